The maximum Gasteiger partial charge on any atom is 0.0921 e. The molecule has 10 heavy (non-hydrogen) atoms. The van der Waals surface area contributed by atoms with Crippen LogP contribution in [0.5, 0.6) is 0 Å². The summed E-state index contributed by atoms with van der Waals surface area (Å²) in [5, 5.41) is 0. The summed E-state index contributed by atoms with van der Waals surface area (Å²) in [5.74, 6) is 3.75. The second kappa shape index (κ2) is 1.88. The maximum absolute atomic E-state index is 5.25. The lowest BCUT2D eigenvalue weighted by molar-refractivity contribution is 0.991. The molecule has 1 aromatic heterocycles. The molecule has 1 N–H and O–H groups in total. The van der Waals surface area contributed by atoms with Crippen molar-refractivity contribution in [2.45, 2.75) is 12.3 Å². The predicted molar refractivity (Wildman–Crippen MR) is 38.3 cm³/mol. The number of hydrogen-bond acceptors (Lipinski definition) is 1. The highest BCUT2D eigenvalue weighted by Crippen LogP contribution is 2.45. The fourth-order valence-corrected chi connectivity index (χ4v) is 1.19. The van der Waals surface area contributed by atoms with Crippen LogP contribution in [0.1, 0.15) is 18.0 Å². The molecule has 2 nitrogen and oxygen atoms in total. The maximum atomic E-state index is 5.25. The van der Waals surface area contributed by atoms with E-state index in [-0.39, 0.29) is 0 Å². The molecule has 1 heterocycles. The van der Waals surface area contributed by atoms with Crippen LogP contribution in [0.25, 0.3) is 0 Å². The van der Waals surface area contributed by atoms with Crippen molar-refractivity contribution in [2.75, 3.05) is 0 Å². The van der Waals surface area contributed by atoms with Crippen LogP contribution >= 0.6 is 0 Å². The van der Waals surface area contributed by atoms with Crippen molar-refractivity contribution >= 4 is 0 Å². The number of aromatic amines is 1. The van der Waals surface area contributed by atoms with Crippen LogP contribution < -0.4 is 0 Å². The molecular weight excluding hydrogens is 124 g/mol. The Morgan fingerprint density at radius 1 is 1.80 bits per heavy atom. The van der Waals surface area contributed by atoms with Crippen LogP contribution in [0, 0.1) is 18.3 Å². The van der Waals surface area contributed by atoms with Gasteiger partial charge in [-0.25, -0.2) is 4.98 Å². The Bertz CT molecular complexity index is 255. The molecule has 0 bridgehead atoms. The number of terminal acetylenes is 1. The minimum Gasteiger partial charge on any atom is -0.348 e. The SMILES string of the molecule is C#C[C@H]1C[C@@H]1c1cnc[nH]1. The number of rotatable bonds is 1. The summed E-state index contributed by atoms with van der Waals surface area (Å²) >= 11 is 0. The number of hydrogen-bond donors (Lipinski definition) is 1. The summed E-state index contributed by atoms with van der Waals surface area (Å²) < 4.78 is 0. The largest absolute Gasteiger partial charge is 0.348 e. The molecule has 50 valence electrons. The third kappa shape index (κ3) is 0.714. The topological polar surface area (TPSA) is 28.7 Å². The van der Waals surface area contributed by atoms with Gasteiger partial charge in [0.1, 0.15) is 0 Å². The summed E-state index contributed by atoms with van der Waals surface area (Å²) in [5.41, 5.74) is 1.18. The van der Waals surface area contributed by atoms with E-state index in [4.69, 9.17) is 6.42 Å². The molecule has 0 saturated heterocycles. The van der Waals surface area contributed by atoms with Gasteiger partial charge >= 0.3 is 0 Å². The standard InChI is InChI=1S/C8H8N2/c1-2-6-3-7(6)8-4-9-5-10-8/h1,4-7H,3H2,(H,9,10)/t6-,7-/m0/s1. The third-order valence-electron chi connectivity index (χ3n) is 1.92. The zero-order valence-electron chi connectivity index (χ0n) is 5.54. The van der Waals surface area contributed by atoms with E-state index in [0.29, 0.717) is 11.8 Å². The summed E-state index contributed by atoms with van der Waals surface area (Å²) in [6.45, 7) is 0. The summed E-state index contributed by atoms with van der Waals surface area (Å²) in [6.07, 6.45) is 9.91. The van der Waals surface area contributed by atoms with Crippen molar-refractivity contribution in [3.05, 3.63) is 18.2 Å². The van der Waals surface area contributed by atoms with Gasteiger partial charge in [0.15, 0.2) is 0 Å². The highest BCUT2D eigenvalue weighted by atomic mass is 14.9. The second-order valence-electron chi connectivity index (χ2n) is 2.62. The Balaban J connectivity index is 2.13. The zero-order valence-corrected chi connectivity index (χ0v) is 5.54. The number of nitrogens with one attached hydrogen (secondary N) is 1. The van der Waals surface area contributed by atoms with Crippen molar-refractivity contribution in [3.8, 4) is 12.3 Å². The van der Waals surface area contributed by atoms with E-state index in [9.17, 15) is 0 Å². The van der Waals surface area contributed by atoms with Crippen LogP contribution in [0.15, 0.2) is 12.5 Å². The molecule has 0 aromatic carbocycles. The molecule has 0 unspecified atom stereocenters. The van der Waals surface area contributed by atoms with Gasteiger partial charge in [0.05, 0.1) is 6.33 Å². The van der Waals surface area contributed by atoms with Gasteiger partial charge in [-0.2, -0.15) is 0 Å². The van der Waals surface area contributed by atoms with E-state index in [1.54, 1.807) is 6.33 Å². The molecule has 1 aliphatic rings. The van der Waals surface area contributed by atoms with E-state index < -0.39 is 0 Å². The average molecular weight is 132 g/mol. The lowest BCUT2D eigenvalue weighted by Crippen LogP contribution is -1.79. The molecule has 0 radical (unpaired) electrons. The molecule has 1 aliphatic carbocycles. The molecular formula is C8H8N2. The van der Waals surface area contributed by atoms with Gasteiger partial charge in [-0.3, -0.25) is 0 Å². The quantitative estimate of drug-likeness (QED) is 0.570. The Morgan fingerprint density at radius 2 is 2.70 bits per heavy atom. The van der Waals surface area contributed by atoms with Gasteiger partial charge in [0.2, 0.25) is 0 Å². The van der Waals surface area contributed by atoms with E-state index >= 15 is 0 Å². The molecule has 1 fully saturated rings. The molecule has 0 aliphatic heterocycles. The first-order valence-electron chi connectivity index (χ1n) is 3.36. The Morgan fingerprint density at radius 3 is 3.20 bits per heavy atom. The molecule has 1 aromatic rings. The molecule has 1 saturated carbocycles. The highest BCUT2D eigenvalue weighted by molar-refractivity contribution is 5.22. The van der Waals surface area contributed by atoms with Gasteiger partial charge in [-0.05, 0) is 6.42 Å². The summed E-state index contributed by atoms with van der Waals surface area (Å²) in [6, 6.07) is 0. The van der Waals surface area contributed by atoms with E-state index in [1.165, 1.54) is 5.69 Å². The smallest absolute Gasteiger partial charge is 0.0921 e. The monoisotopic (exact) mass is 132 g/mol. The molecule has 0 spiro atoms. The number of imidazole rings is 1. The van der Waals surface area contributed by atoms with Gasteiger partial charge in [-0.1, -0.05) is 0 Å². The van der Waals surface area contributed by atoms with Crippen molar-refractivity contribution in [1.29, 1.82) is 0 Å². The van der Waals surface area contributed by atoms with Crippen molar-refractivity contribution in [1.82, 2.24) is 9.97 Å². The lowest BCUT2D eigenvalue weighted by Gasteiger charge is -1.86. The first kappa shape index (κ1) is 5.55. The minimum atomic E-state index is 0.459. The third-order valence-corrected chi connectivity index (χ3v) is 1.92. The van der Waals surface area contributed by atoms with Gasteiger partial charge in [0, 0.05) is 23.7 Å². The van der Waals surface area contributed by atoms with E-state index in [0.717, 1.165) is 6.42 Å². The molecule has 2 rings (SSSR count). The minimum absolute atomic E-state index is 0.459. The highest BCUT2D eigenvalue weighted by Gasteiger charge is 2.37. The Kier molecular flexibility index (Phi) is 1.04. The second-order valence-corrected chi connectivity index (χ2v) is 2.62. The van der Waals surface area contributed by atoms with Crippen molar-refractivity contribution in [2.24, 2.45) is 5.92 Å². The average Bonchev–Trinajstić information content (AvgIpc) is 2.56. The summed E-state index contributed by atoms with van der Waals surface area (Å²) in [4.78, 5) is 6.98. The number of aromatic nitrogens is 2. The fraction of sp³-hybridized carbons (Fsp3) is 0.375. The first-order chi connectivity index (χ1) is 4.92. The Hall–Kier alpha value is -1.23. The van der Waals surface area contributed by atoms with Crippen LogP contribution in [0.3, 0.4) is 0 Å². The van der Waals surface area contributed by atoms with Crippen molar-refractivity contribution in [3.63, 3.8) is 0 Å². The molecule has 2 atom stereocenters. The molecule has 2 heteroatoms. The summed E-state index contributed by atoms with van der Waals surface area (Å²) in [7, 11) is 0. The molecule has 0 amide bonds. The van der Waals surface area contributed by atoms with E-state index in [1.807, 2.05) is 6.20 Å². The van der Waals surface area contributed by atoms with Gasteiger partial charge < -0.3 is 4.98 Å². The lowest BCUT2D eigenvalue weighted by atomic mass is 10.2. The van der Waals surface area contributed by atoms with Crippen molar-refractivity contribution < 1.29 is 0 Å². The Labute approximate surface area is 59.7 Å². The van der Waals surface area contributed by atoms with Gasteiger partial charge in [-0.15, -0.1) is 12.3 Å². The zero-order chi connectivity index (χ0) is 6.97. The predicted octanol–water partition coefficient (Wildman–Crippen LogP) is 1.15. The van der Waals surface area contributed by atoms with Crippen LogP contribution in [0.2, 0.25) is 0 Å². The normalized spacial score (nSPS) is 29.5. The van der Waals surface area contributed by atoms with Gasteiger partial charge in [0.25, 0.3) is 0 Å². The van der Waals surface area contributed by atoms with E-state index in [2.05, 4.69) is 15.9 Å². The fourth-order valence-electron chi connectivity index (χ4n) is 1.19. The first-order valence-corrected chi connectivity index (χ1v) is 3.36. The number of nitrogens with zero attached hydrogens (tertiary/aromatic N) is 1. The van der Waals surface area contributed by atoms with Crippen LogP contribution in [0.4, 0.5) is 0 Å². The van der Waals surface area contributed by atoms with Crippen LogP contribution in [-0.2, 0) is 0 Å². The van der Waals surface area contributed by atoms with Crippen LogP contribution in [-0.4, -0.2) is 9.97 Å². The number of H-pyrrole nitrogens is 1.